The minimum atomic E-state index is -0.616. The van der Waals surface area contributed by atoms with Gasteiger partial charge in [0, 0.05) is 12.6 Å². The standard InChI is InChI=1S/C17H18N2O6/c1-9(19-17(25)11-5-3-7-13(21)15(11)23)8-18-16(24)10-4-2-6-12(20)14(10)22/h2-7,9,20-23H,8H2,1H3,(H,18,24)(H,19,25)/t9-/m1/s1. The van der Waals surface area contributed by atoms with Gasteiger partial charge in [-0.15, -0.1) is 0 Å². The second-order valence-corrected chi connectivity index (χ2v) is 5.43. The zero-order chi connectivity index (χ0) is 18.6. The van der Waals surface area contributed by atoms with Gasteiger partial charge in [0.1, 0.15) is 0 Å². The molecule has 0 aromatic heterocycles. The molecule has 2 aromatic rings. The van der Waals surface area contributed by atoms with E-state index >= 15 is 0 Å². The molecule has 6 N–H and O–H groups in total. The first-order valence-electron chi connectivity index (χ1n) is 7.42. The van der Waals surface area contributed by atoms with E-state index in [1.807, 2.05) is 0 Å². The number of rotatable bonds is 5. The molecule has 132 valence electrons. The number of aromatic hydroxyl groups is 4. The second kappa shape index (κ2) is 7.43. The first-order valence-corrected chi connectivity index (χ1v) is 7.42. The number of hydrogen-bond acceptors (Lipinski definition) is 6. The Morgan fingerprint density at radius 3 is 1.88 bits per heavy atom. The van der Waals surface area contributed by atoms with Crippen molar-refractivity contribution in [1.29, 1.82) is 0 Å². The third kappa shape index (κ3) is 4.11. The third-order valence-corrected chi connectivity index (χ3v) is 3.47. The highest BCUT2D eigenvalue weighted by atomic mass is 16.3. The predicted octanol–water partition coefficient (Wildman–Crippen LogP) is 1.06. The molecule has 0 bridgehead atoms. The summed E-state index contributed by atoms with van der Waals surface area (Å²) in [6, 6.07) is 7.52. The van der Waals surface area contributed by atoms with Crippen LogP contribution in [-0.4, -0.2) is 44.8 Å². The van der Waals surface area contributed by atoms with Crippen LogP contribution in [0.2, 0.25) is 0 Å². The van der Waals surface area contributed by atoms with Gasteiger partial charge in [-0.05, 0) is 31.2 Å². The molecule has 2 rings (SSSR count). The molecule has 0 spiro atoms. The van der Waals surface area contributed by atoms with Crippen LogP contribution < -0.4 is 10.6 Å². The highest BCUT2D eigenvalue weighted by molar-refractivity contribution is 5.98. The van der Waals surface area contributed by atoms with Gasteiger partial charge in [0.2, 0.25) is 0 Å². The lowest BCUT2D eigenvalue weighted by molar-refractivity contribution is 0.0908. The molecule has 0 saturated carbocycles. The Labute approximate surface area is 143 Å². The number of carbonyl (C=O) groups is 2. The zero-order valence-electron chi connectivity index (χ0n) is 13.4. The first-order chi connectivity index (χ1) is 11.8. The molecule has 0 aliphatic rings. The molecule has 0 radical (unpaired) electrons. The van der Waals surface area contributed by atoms with Crippen LogP contribution in [0.1, 0.15) is 27.6 Å². The molecule has 0 saturated heterocycles. The average Bonchev–Trinajstić information content (AvgIpc) is 2.57. The van der Waals surface area contributed by atoms with Crippen molar-refractivity contribution in [3.8, 4) is 23.0 Å². The monoisotopic (exact) mass is 346 g/mol. The van der Waals surface area contributed by atoms with Gasteiger partial charge in [0.15, 0.2) is 23.0 Å². The predicted molar refractivity (Wildman–Crippen MR) is 88.8 cm³/mol. The van der Waals surface area contributed by atoms with E-state index in [9.17, 15) is 30.0 Å². The molecule has 2 amide bonds. The van der Waals surface area contributed by atoms with Crippen LogP contribution in [0.15, 0.2) is 36.4 Å². The van der Waals surface area contributed by atoms with Crippen LogP contribution in [0.25, 0.3) is 0 Å². The molecule has 8 heteroatoms. The number of amides is 2. The summed E-state index contributed by atoms with van der Waals surface area (Å²) in [5, 5.41) is 43.2. The second-order valence-electron chi connectivity index (χ2n) is 5.43. The van der Waals surface area contributed by atoms with Crippen molar-refractivity contribution in [3.63, 3.8) is 0 Å². The smallest absolute Gasteiger partial charge is 0.255 e. The van der Waals surface area contributed by atoms with Crippen molar-refractivity contribution in [3.05, 3.63) is 47.5 Å². The summed E-state index contributed by atoms with van der Waals surface area (Å²) < 4.78 is 0. The molecule has 2 aromatic carbocycles. The Kier molecular flexibility index (Phi) is 5.33. The Morgan fingerprint density at radius 1 is 0.880 bits per heavy atom. The van der Waals surface area contributed by atoms with Crippen LogP contribution in [0, 0.1) is 0 Å². The Balaban J connectivity index is 1.95. The van der Waals surface area contributed by atoms with E-state index in [4.69, 9.17) is 0 Å². The van der Waals surface area contributed by atoms with Crippen molar-refractivity contribution in [1.82, 2.24) is 10.6 Å². The van der Waals surface area contributed by atoms with Crippen LogP contribution in [0.5, 0.6) is 23.0 Å². The zero-order valence-corrected chi connectivity index (χ0v) is 13.4. The maximum atomic E-state index is 12.1. The number of benzene rings is 2. The lowest BCUT2D eigenvalue weighted by atomic mass is 10.1. The summed E-state index contributed by atoms with van der Waals surface area (Å²) in [6.45, 7) is 1.67. The quantitative estimate of drug-likeness (QED) is 0.448. The molecule has 8 nitrogen and oxygen atoms in total. The van der Waals surface area contributed by atoms with E-state index in [-0.39, 0.29) is 17.7 Å². The number of hydrogen-bond donors (Lipinski definition) is 6. The van der Waals surface area contributed by atoms with E-state index in [1.54, 1.807) is 6.92 Å². The lowest BCUT2D eigenvalue weighted by Gasteiger charge is -2.16. The summed E-state index contributed by atoms with van der Waals surface area (Å²) >= 11 is 0. The number of carbonyl (C=O) groups excluding carboxylic acids is 2. The summed E-state index contributed by atoms with van der Waals surface area (Å²) in [5.41, 5.74) is -0.187. The number of para-hydroxylation sites is 2. The average molecular weight is 346 g/mol. The fourth-order valence-electron chi connectivity index (χ4n) is 2.12. The number of nitrogens with one attached hydrogen (secondary N) is 2. The molecule has 0 fully saturated rings. The fourth-order valence-corrected chi connectivity index (χ4v) is 2.12. The largest absolute Gasteiger partial charge is 0.504 e. The highest BCUT2D eigenvalue weighted by Crippen LogP contribution is 2.28. The van der Waals surface area contributed by atoms with Gasteiger partial charge in [-0.25, -0.2) is 0 Å². The van der Waals surface area contributed by atoms with E-state index in [0.29, 0.717) is 0 Å². The Bertz CT molecular complexity index is 806. The van der Waals surface area contributed by atoms with Crippen molar-refractivity contribution in [2.75, 3.05) is 6.54 Å². The van der Waals surface area contributed by atoms with Gasteiger partial charge < -0.3 is 31.1 Å². The molecule has 0 aliphatic heterocycles. The molecule has 0 aliphatic carbocycles. The maximum absolute atomic E-state index is 12.1. The van der Waals surface area contributed by atoms with E-state index in [1.165, 1.54) is 36.4 Å². The lowest BCUT2D eigenvalue weighted by Crippen LogP contribution is -2.41. The summed E-state index contributed by atoms with van der Waals surface area (Å²) in [7, 11) is 0. The van der Waals surface area contributed by atoms with E-state index in [2.05, 4.69) is 10.6 Å². The van der Waals surface area contributed by atoms with Gasteiger partial charge in [0.25, 0.3) is 11.8 Å². The minimum absolute atomic E-state index is 0.0409. The SMILES string of the molecule is C[C@H](CNC(=O)c1cccc(O)c1O)NC(=O)c1cccc(O)c1O. The van der Waals surface area contributed by atoms with Gasteiger partial charge in [-0.1, -0.05) is 12.1 Å². The van der Waals surface area contributed by atoms with E-state index < -0.39 is 40.9 Å². The molecule has 1 atom stereocenters. The summed E-state index contributed by atoms with van der Waals surface area (Å²) in [4.78, 5) is 24.1. The number of phenols is 4. The van der Waals surface area contributed by atoms with Crippen LogP contribution >= 0.6 is 0 Å². The van der Waals surface area contributed by atoms with E-state index in [0.717, 1.165) is 0 Å². The molecular formula is C17H18N2O6. The highest BCUT2D eigenvalue weighted by Gasteiger charge is 2.18. The van der Waals surface area contributed by atoms with Gasteiger partial charge in [0.05, 0.1) is 11.1 Å². The van der Waals surface area contributed by atoms with Gasteiger partial charge >= 0.3 is 0 Å². The fraction of sp³-hybridized carbons (Fsp3) is 0.176. The summed E-state index contributed by atoms with van der Waals surface area (Å²) in [5.74, 6) is -3.10. The Hall–Kier alpha value is -3.42. The molecule has 0 unspecified atom stereocenters. The van der Waals surface area contributed by atoms with Crippen molar-refractivity contribution in [2.45, 2.75) is 13.0 Å². The van der Waals surface area contributed by atoms with Crippen LogP contribution in [-0.2, 0) is 0 Å². The van der Waals surface area contributed by atoms with Crippen molar-refractivity contribution < 1.29 is 30.0 Å². The minimum Gasteiger partial charge on any atom is -0.504 e. The normalized spacial score (nSPS) is 11.6. The molecule has 25 heavy (non-hydrogen) atoms. The number of phenolic OH excluding ortho intramolecular Hbond substituents is 4. The van der Waals surface area contributed by atoms with Crippen molar-refractivity contribution >= 4 is 11.8 Å². The van der Waals surface area contributed by atoms with Crippen LogP contribution in [0.4, 0.5) is 0 Å². The van der Waals surface area contributed by atoms with Crippen molar-refractivity contribution in [2.24, 2.45) is 0 Å². The topological polar surface area (TPSA) is 139 Å². The Morgan fingerprint density at radius 2 is 1.36 bits per heavy atom. The first kappa shape index (κ1) is 17.9. The maximum Gasteiger partial charge on any atom is 0.255 e. The summed E-state index contributed by atoms with van der Waals surface area (Å²) in [6.07, 6.45) is 0. The van der Waals surface area contributed by atoms with Gasteiger partial charge in [-0.3, -0.25) is 9.59 Å². The third-order valence-electron chi connectivity index (χ3n) is 3.47. The molecular weight excluding hydrogens is 328 g/mol. The van der Waals surface area contributed by atoms with Gasteiger partial charge in [-0.2, -0.15) is 0 Å². The van der Waals surface area contributed by atoms with Crippen LogP contribution in [0.3, 0.4) is 0 Å². The molecule has 0 heterocycles.